The Morgan fingerprint density at radius 1 is 1.16 bits per heavy atom. The van der Waals surface area contributed by atoms with Crippen LogP contribution in [0.4, 0.5) is 21.5 Å². The SMILES string of the molecule is CCC(=O)Nc1ccc(OC)cc1N1CC2C(C1)C2Nc1ccnc2ccc(F)cc12. The summed E-state index contributed by atoms with van der Waals surface area (Å²) in [5, 5.41) is 7.42. The Morgan fingerprint density at radius 3 is 2.71 bits per heavy atom. The first kappa shape index (κ1) is 19.6. The second-order valence-electron chi connectivity index (χ2n) is 8.21. The van der Waals surface area contributed by atoms with Gasteiger partial charge in [-0.15, -0.1) is 0 Å². The molecule has 2 aromatic carbocycles. The van der Waals surface area contributed by atoms with Crippen LogP contribution in [-0.2, 0) is 4.79 Å². The largest absolute Gasteiger partial charge is 0.497 e. The number of fused-ring (bicyclic) bond motifs is 2. The Bertz CT molecular complexity index is 1140. The molecule has 1 saturated carbocycles. The summed E-state index contributed by atoms with van der Waals surface area (Å²) in [5.41, 5.74) is 3.51. The van der Waals surface area contributed by atoms with Crippen molar-refractivity contribution in [3.05, 3.63) is 54.5 Å². The molecule has 2 aliphatic rings. The van der Waals surface area contributed by atoms with E-state index < -0.39 is 0 Å². The van der Waals surface area contributed by atoms with Crippen LogP contribution in [0.2, 0.25) is 0 Å². The van der Waals surface area contributed by atoms with Crippen molar-refractivity contribution < 1.29 is 13.9 Å². The van der Waals surface area contributed by atoms with Crippen LogP contribution in [0.5, 0.6) is 5.75 Å². The van der Waals surface area contributed by atoms with Crippen molar-refractivity contribution in [2.45, 2.75) is 19.4 Å². The van der Waals surface area contributed by atoms with E-state index in [0.29, 0.717) is 24.3 Å². The predicted molar refractivity (Wildman–Crippen MR) is 120 cm³/mol. The van der Waals surface area contributed by atoms with Gasteiger partial charge in [0, 0.05) is 60.7 Å². The Hall–Kier alpha value is -3.35. The lowest BCUT2D eigenvalue weighted by Crippen LogP contribution is -2.29. The van der Waals surface area contributed by atoms with Crippen molar-refractivity contribution in [3.63, 3.8) is 0 Å². The van der Waals surface area contributed by atoms with E-state index in [2.05, 4.69) is 20.5 Å². The molecule has 6 nitrogen and oxygen atoms in total. The van der Waals surface area contributed by atoms with Crippen LogP contribution in [0.25, 0.3) is 10.9 Å². The van der Waals surface area contributed by atoms with Gasteiger partial charge < -0.3 is 20.3 Å². The van der Waals surface area contributed by atoms with Crippen molar-refractivity contribution in [2.75, 3.05) is 35.7 Å². The maximum Gasteiger partial charge on any atom is 0.224 e. The first-order chi connectivity index (χ1) is 15.1. The van der Waals surface area contributed by atoms with Gasteiger partial charge in [-0.2, -0.15) is 0 Å². The van der Waals surface area contributed by atoms with E-state index in [1.807, 2.05) is 31.2 Å². The minimum Gasteiger partial charge on any atom is -0.497 e. The number of nitrogens with one attached hydrogen (secondary N) is 2. The number of hydrogen-bond acceptors (Lipinski definition) is 5. The number of aromatic nitrogens is 1. The summed E-state index contributed by atoms with van der Waals surface area (Å²) < 4.78 is 19.2. The molecule has 1 saturated heterocycles. The number of anilines is 3. The quantitative estimate of drug-likeness (QED) is 0.623. The minimum atomic E-state index is -0.259. The van der Waals surface area contributed by atoms with Crippen LogP contribution < -0.4 is 20.3 Å². The highest BCUT2D eigenvalue weighted by Gasteiger charge is 2.56. The number of piperidine rings is 1. The molecule has 1 amide bonds. The summed E-state index contributed by atoms with van der Waals surface area (Å²) in [5.74, 6) is 1.50. The number of carbonyl (C=O) groups is 1. The molecule has 0 radical (unpaired) electrons. The Morgan fingerprint density at radius 2 is 1.97 bits per heavy atom. The predicted octanol–water partition coefficient (Wildman–Crippen LogP) is 4.28. The number of halogens is 1. The highest BCUT2D eigenvalue weighted by molar-refractivity contribution is 5.94. The van der Waals surface area contributed by atoms with Gasteiger partial charge in [0.15, 0.2) is 0 Å². The number of rotatable bonds is 6. The van der Waals surface area contributed by atoms with Crippen molar-refractivity contribution in [1.82, 2.24) is 4.98 Å². The van der Waals surface area contributed by atoms with E-state index in [9.17, 15) is 9.18 Å². The number of methoxy groups -OCH3 is 1. The zero-order chi connectivity index (χ0) is 21.5. The highest BCUT2D eigenvalue weighted by Crippen LogP contribution is 2.50. The smallest absolute Gasteiger partial charge is 0.224 e. The van der Waals surface area contributed by atoms with E-state index in [-0.39, 0.29) is 11.7 Å². The average molecular weight is 420 g/mol. The lowest BCUT2D eigenvalue weighted by atomic mass is 10.1. The summed E-state index contributed by atoms with van der Waals surface area (Å²) in [6.07, 6.45) is 2.19. The van der Waals surface area contributed by atoms with Crippen LogP contribution in [0, 0.1) is 17.7 Å². The van der Waals surface area contributed by atoms with E-state index in [4.69, 9.17) is 4.74 Å². The summed E-state index contributed by atoms with van der Waals surface area (Å²) in [7, 11) is 1.65. The second kappa shape index (κ2) is 7.72. The van der Waals surface area contributed by atoms with E-state index in [0.717, 1.165) is 46.8 Å². The molecule has 2 unspecified atom stereocenters. The topological polar surface area (TPSA) is 66.5 Å². The fraction of sp³-hybridized carbons (Fsp3) is 0.333. The third-order valence-electron chi connectivity index (χ3n) is 6.36. The standard InChI is InChI=1S/C24H25FN4O2/c1-3-23(30)27-21-7-5-15(31-2)11-22(21)29-12-17-18(13-29)24(17)28-20-8-9-26-19-6-4-14(25)10-16(19)20/h4-11,17-18,24H,3,12-13H2,1-2H3,(H,26,28)(H,27,30). The third kappa shape index (κ3) is 3.65. The number of benzene rings is 2. The molecule has 2 fully saturated rings. The van der Waals surface area contributed by atoms with Gasteiger partial charge in [-0.3, -0.25) is 9.78 Å². The Kier molecular flexibility index (Phi) is 4.88. The summed E-state index contributed by atoms with van der Waals surface area (Å²) in [4.78, 5) is 18.6. The molecule has 7 heteroatoms. The number of amides is 1. The molecular formula is C24H25FN4O2. The number of carbonyl (C=O) groups excluding carboxylic acids is 1. The first-order valence-corrected chi connectivity index (χ1v) is 10.6. The van der Waals surface area contributed by atoms with Crippen LogP contribution in [0.15, 0.2) is 48.7 Å². The average Bonchev–Trinajstić information content (AvgIpc) is 3.21. The van der Waals surface area contributed by atoms with E-state index in [1.165, 1.54) is 12.1 Å². The van der Waals surface area contributed by atoms with Gasteiger partial charge in [0.25, 0.3) is 0 Å². The van der Waals surface area contributed by atoms with Crippen LogP contribution in [0.3, 0.4) is 0 Å². The molecule has 31 heavy (non-hydrogen) atoms. The highest BCUT2D eigenvalue weighted by atomic mass is 19.1. The fourth-order valence-corrected chi connectivity index (χ4v) is 4.61. The zero-order valence-electron chi connectivity index (χ0n) is 17.6. The minimum absolute atomic E-state index is 0.00730. The lowest BCUT2D eigenvalue weighted by molar-refractivity contribution is -0.115. The molecule has 1 aliphatic heterocycles. The molecule has 1 aliphatic carbocycles. The Labute approximate surface area is 180 Å². The Balaban J connectivity index is 1.32. The molecule has 2 atom stereocenters. The molecule has 0 bridgehead atoms. The maximum atomic E-state index is 13.8. The van der Waals surface area contributed by atoms with Gasteiger partial charge in [0.2, 0.25) is 5.91 Å². The molecule has 3 aromatic rings. The lowest BCUT2D eigenvalue weighted by Gasteiger charge is -2.26. The van der Waals surface area contributed by atoms with Crippen molar-refractivity contribution in [1.29, 1.82) is 0 Å². The van der Waals surface area contributed by atoms with Crippen molar-refractivity contribution >= 4 is 33.9 Å². The summed E-state index contributed by atoms with van der Waals surface area (Å²) in [6, 6.07) is 12.7. The number of pyridine rings is 1. The maximum absolute atomic E-state index is 13.8. The fourth-order valence-electron chi connectivity index (χ4n) is 4.61. The molecule has 160 valence electrons. The van der Waals surface area contributed by atoms with Crippen molar-refractivity contribution in [3.8, 4) is 5.75 Å². The van der Waals surface area contributed by atoms with E-state index in [1.54, 1.807) is 19.4 Å². The first-order valence-electron chi connectivity index (χ1n) is 10.6. The van der Waals surface area contributed by atoms with Crippen LogP contribution >= 0.6 is 0 Å². The number of hydrogen-bond donors (Lipinski definition) is 2. The van der Waals surface area contributed by atoms with Crippen LogP contribution in [-0.4, -0.2) is 37.1 Å². The molecule has 5 rings (SSSR count). The summed E-state index contributed by atoms with van der Waals surface area (Å²) in [6.45, 7) is 3.62. The molecule has 2 N–H and O–H groups in total. The zero-order valence-corrected chi connectivity index (χ0v) is 17.6. The van der Waals surface area contributed by atoms with Gasteiger partial charge in [0.05, 0.1) is 24.0 Å². The van der Waals surface area contributed by atoms with Crippen molar-refractivity contribution in [2.24, 2.45) is 11.8 Å². The normalized spacial score (nSPS) is 21.6. The third-order valence-corrected chi connectivity index (χ3v) is 6.36. The molecular weight excluding hydrogens is 395 g/mol. The summed E-state index contributed by atoms with van der Waals surface area (Å²) >= 11 is 0. The van der Waals surface area contributed by atoms with Gasteiger partial charge in [-0.05, 0) is 36.4 Å². The van der Waals surface area contributed by atoms with Crippen LogP contribution in [0.1, 0.15) is 13.3 Å². The van der Waals surface area contributed by atoms with Gasteiger partial charge in [-0.1, -0.05) is 6.92 Å². The van der Waals surface area contributed by atoms with Gasteiger partial charge >= 0.3 is 0 Å². The molecule has 2 heterocycles. The number of nitrogens with zero attached hydrogens (tertiary/aromatic N) is 2. The number of ether oxygens (including phenoxy) is 1. The molecule has 0 spiro atoms. The monoisotopic (exact) mass is 420 g/mol. The van der Waals surface area contributed by atoms with E-state index >= 15 is 0 Å². The van der Waals surface area contributed by atoms with Gasteiger partial charge in [0.1, 0.15) is 11.6 Å². The second-order valence-corrected chi connectivity index (χ2v) is 8.21. The molecule has 1 aromatic heterocycles. The van der Waals surface area contributed by atoms with Gasteiger partial charge in [-0.25, -0.2) is 4.39 Å².